The summed E-state index contributed by atoms with van der Waals surface area (Å²) in [4.78, 5) is 1.33. The van der Waals surface area contributed by atoms with E-state index in [2.05, 4.69) is 43.4 Å². The molecule has 18 heavy (non-hydrogen) atoms. The van der Waals surface area contributed by atoms with Gasteiger partial charge in [-0.2, -0.15) is 0 Å². The second-order valence-electron chi connectivity index (χ2n) is 4.82. The van der Waals surface area contributed by atoms with E-state index < -0.39 is 0 Å². The van der Waals surface area contributed by atoms with Crippen LogP contribution in [0.1, 0.15) is 25.8 Å². The molecule has 1 rings (SSSR count). The predicted octanol–water partition coefficient (Wildman–Crippen LogP) is 3.56. The number of benzene rings is 1. The quantitative estimate of drug-likeness (QED) is 0.546. The molecule has 0 aliphatic carbocycles. The molecule has 1 N–H and O–H groups in total. The van der Waals surface area contributed by atoms with E-state index in [-0.39, 0.29) is 0 Å². The van der Waals surface area contributed by atoms with Gasteiger partial charge in [0.1, 0.15) is 0 Å². The summed E-state index contributed by atoms with van der Waals surface area (Å²) in [5.74, 6) is 1.76. The van der Waals surface area contributed by atoms with E-state index in [1.54, 1.807) is 0 Å². The maximum Gasteiger partial charge on any atom is 0.0560 e. The summed E-state index contributed by atoms with van der Waals surface area (Å²) in [7, 11) is 1.97. The molecule has 0 fully saturated rings. The summed E-state index contributed by atoms with van der Waals surface area (Å²) in [5.41, 5.74) is 1.34. The fourth-order valence-corrected chi connectivity index (χ4v) is 2.44. The Morgan fingerprint density at radius 1 is 1.28 bits per heavy atom. The van der Waals surface area contributed by atoms with E-state index in [1.807, 2.05) is 18.8 Å². The molecule has 0 saturated heterocycles. The van der Waals surface area contributed by atoms with Gasteiger partial charge >= 0.3 is 0 Å². The van der Waals surface area contributed by atoms with E-state index in [1.165, 1.54) is 10.5 Å². The Balaban J connectivity index is 2.16. The van der Waals surface area contributed by atoms with Gasteiger partial charge in [-0.25, -0.2) is 0 Å². The molecule has 1 aromatic carbocycles. The summed E-state index contributed by atoms with van der Waals surface area (Å²) in [6, 6.07) is 8.68. The summed E-state index contributed by atoms with van der Waals surface area (Å²) in [5, 5.41) is 3.17. The first-order chi connectivity index (χ1) is 8.72. The maximum atomic E-state index is 5.61. The van der Waals surface area contributed by atoms with Gasteiger partial charge in [-0.05, 0) is 37.1 Å². The third kappa shape index (κ3) is 7.04. The molecule has 0 spiro atoms. The Labute approximate surface area is 116 Å². The number of hydrogen-bond acceptors (Lipinski definition) is 3. The number of thioether (sulfide) groups is 1. The number of rotatable bonds is 9. The zero-order valence-corrected chi connectivity index (χ0v) is 12.6. The number of ether oxygens (including phenoxy) is 1. The van der Waals surface area contributed by atoms with Crippen molar-refractivity contribution in [3.8, 4) is 0 Å². The van der Waals surface area contributed by atoms with Crippen molar-refractivity contribution >= 4 is 11.8 Å². The molecule has 0 aliphatic rings. The molecule has 3 heteroatoms. The second-order valence-corrected chi connectivity index (χ2v) is 5.99. The van der Waals surface area contributed by atoms with Crippen LogP contribution in [0, 0.1) is 5.92 Å². The van der Waals surface area contributed by atoms with Crippen LogP contribution in [0.5, 0.6) is 0 Å². The van der Waals surface area contributed by atoms with Gasteiger partial charge < -0.3 is 10.1 Å². The van der Waals surface area contributed by atoms with Gasteiger partial charge in [0, 0.05) is 23.8 Å². The zero-order chi connectivity index (χ0) is 13.2. The lowest BCUT2D eigenvalue weighted by Crippen LogP contribution is -2.05. The minimum atomic E-state index is 0.732. The van der Waals surface area contributed by atoms with Gasteiger partial charge in [0.2, 0.25) is 0 Å². The molecule has 0 saturated carbocycles. The molecule has 0 heterocycles. The Morgan fingerprint density at radius 2 is 2.11 bits per heavy atom. The highest BCUT2D eigenvalue weighted by Gasteiger charge is 1.98. The van der Waals surface area contributed by atoms with Crippen molar-refractivity contribution in [2.45, 2.75) is 31.7 Å². The zero-order valence-electron chi connectivity index (χ0n) is 11.7. The fraction of sp³-hybridized carbons (Fsp3) is 0.600. The Bertz CT molecular complexity index is 328. The van der Waals surface area contributed by atoms with Crippen molar-refractivity contribution in [2.75, 3.05) is 26.0 Å². The lowest BCUT2D eigenvalue weighted by atomic mass is 10.1. The third-order valence-electron chi connectivity index (χ3n) is 2.62. The number of hydrogen-bond donors (Lipinski definition) is 1. The van der Waals surface area contributed by atoms with Crippen LogP contribution < -0.4 is 5.32 Å². The smallest absolute Gasteiger partial charge is 0.0560 e. The molecule has 0 aliphatic heterocycles. The van der Waals surface area contributed by atoms with Gasteiger partial charge in [0.15, 0.2) is 0 Å². The largest absolute Gasteiger partial charge is 0.381 e. The SMILES string of the molecule is CNCc1cccc(SCCOCCC(C)C)c1. The van der Waals surface area contributed by atoms with Crippen molar-refractivity contribution in [2.24, 2.45) is 5.92 Å². The van der Waals surface area contributed by atoms with Crippen LogP contribution in [0.15, 0.2) is 29.2 Å². The molecule has 1 aromatic rings. The van der Waals surface area contributed by atoms with E-state index in [0.29, 0.717) is 0 Å². The highest BCUT2D eigenvalue weighted by molar-refractivity contribution is 7.99. The molecule has 0 aromatic heterocycles. The van der Waals surface area contributed by atoms with E-state index in [9.17, 15) is 0 Å². The monoisotopic (exact) mass is 267 g/mol. The molecule has 0 atom stereocenters. The van der Waals surface area contributed by atoms with Gasteiger partial charge in [-0.15, -0.1) is 11.8 Å². The molecule has 0 unspecified atom stereocenters. The topological polar surface area (TPSA) is 21.3 Å². The standard InChI is InChI=1S/C15H25NOS/c1-13(2)7-8-17-9-10-18-15-6-4-5-14(11-15)12-16-3/h4-6,11,13,16H,7-10,12H2,1-3H3. The molecule has 2 nitrogen and oxygen atoms in total. The molecule has 102 valence electrons. The van der Waals surface area contributed by atoms with Crippen molar-refractivity contribution in [3.05, 3.63) is 29.8 Å². The summed E-state index contributed by atoms with van der Waals surface area (Å²) in [6.07, 6.45) is 1.16. The molecular weight excluding hydrogens is 242 g/mol. The van der Waals surface area contributed by atoms with Crippen LogP contribution in [-0.2, 0) is 11.3 Å². The average molecular weight is 267 g/mol. The lowest BCUT2D eigenvalue weighted by molar-refractivity contribution is 0.138. The van der Waals surface area contributed by atoms with Crippen molar-refractivity contribution < 1.29 is 4.74 Å². The van der Waals surface area contributed by atoms with E-state index in [4.69, 9.17) is 4.74 Å². The second kappa shape index (κ2) is 9.42. The van der Waals surface area contributed by atoms with Crippen LogP contribution in [0.2, 0.25) is 0 Å². The normalized spacial score (nSPS) is 11.1. The van der Waals surface area contributed by atoms with E-state index in [0.717, 1.165) is 37.9 Å². The fourth-order valence-electron chi connectivity index (χ4n) is 1.59. The minimum Gasteiger partial charge on any atom is -0.381 e. The first-order valence-corrected chi connectivity index (χ1v) is 7.65. The summed E-state index contributed by atoms with van der Waals surface area (Å²) < 4.78 is 5.61. The van der Waals surface area contributed by atoms with Crippen molar-refractivity contribution in [1.82, 2.24) is 5.32 Å². The number of nitrogens with one attached hydrogen (secondary N) is 1. The summed E-state index contributed by atoms with van der Waals surface area (Å²) in [6.45, 7) is 7.11. The minimum absolute atomic E-state index is 0.732. The van der Waals surface area contributed by atoms with Gasteiger partial charge in [0.25, 0.3) is 0 Å². The van der Waals surface area contributed by atoms with Crippen molar-refractivity contribution in [1.29, 1.82) is 0 Å². The molecule has 0 bridgehead atoms. The Morgan fingerprint density at radius 3 is 2.83 bits per heavy atom. The van der Waals surface area contributed by atoms with Crippen LogP contribution in [0.4, 0.5) is 0 Å². The Hall–Kier alpha value is -0.510. The van der Waals surface area contributed by atoms with Gasteiger partial charge in [-0.3, -0.25) is 0 Å². The van der Waals surface area contributed by atoms with Gasteiger partial charge in [-0.1, -0.05) is 26.0 Å². The third-order valence-corrected chi connectivity index (χ3v) is 3.57. The van der Waals surface area contributed by atoms with E-state index >= 15 is 0 Å². The van der Waals surface area contributed by atoms with Crippen LogP contribution in [0.25, 0.3) is 0 Å². The lowest BCUT2D eigenvalue weighted by Gasteiger charge is -2.07. The van der Waals surface area contributed by atoms with Crippen LogP contribution in [-0.4, -0.2) is 26.0 Å². The van der Waals surface area contributed by atoms with Gasteiger partial charge in [0.05, 0.1) is 6.61 Å². The van der Waals surface area contributed by atoms with Crippen LogP contribution >= 0.6 is 11.8 Å². The maximum absolute atomic E-state index is 5.61. The molecule has 0 amide bonds. The highest BCUT2D eigenvalue weighted by atomic mass is 32.2. The Kier molecular flexibility index (Phi) is 8.14. The average Bonchev–Trinajstić information content (AvgIpc) is 2.34. The first kappa shape index (κ1) is 15.5. The highest BCUT2D eigenvalue weighted by Crippen LogP contribution is 2.19. The summed E-state index contributed by atoms with van der Waals surface area (Å²) >= 11 is 1.87. The predicted molar refractivity (Wildman–Crippen MR) is 80.2 cm³/mol. The first-order valence-electron chi connectivity index (χ1n) is 6.66. The molecular formula is C15H25NOS. The van der Waals surface area contributed by atoms with Crippen LogP contribution in [0.3, 0.4) is 0 Å². The molecule has 0 radical (unpaired) electrons. The van der Waals surface area contributed by atoms with Crippen molar-refractivity contribution in [3.63, 3.8) is 0 Å².